The van der Waals surface area contributed by atoms with Crippen molar-refractivity contribution in [3.8, 4) is 0 Å². The van der Waals surface area contributed by atoms with Crippen LogP contribution in [-0.4, -0.2) is 28.9 Å². The SMILES string of the molecule is CSCCC(=O)CCC(=O)O. The maximum absolute atomic E-state index is 10.8. The summed E-state index contributed by atoms with van der Waals surface area (Å²) in [4.78, 5) is 20.8. The van der Waals surface area contributed by atoms with Gasteiger partial charge in [0.05, 0.1) is 6.42 Å². The predicted molar refractivity (Wildman–Crippen MR) is 44.9 cm³/mol. The van der Waals surface area contributed by atoms with E-state index in [1.807, 2.05) is 6.26 Å². The fourth-order valence-corrected chi connectivity index (χ4v) is 1.02. The standard InChI is InChI=1S/C7H12O3S/c1-11-5-4-6(8)2-3-7(9)10/h2-5H2,1H3,(H,9,10). The number of carbonyl (C=O) groups excluding carboxylic acids is 1. The van der Waals surface area contributed by atoms with E-state index in [0.717, 1.165) is 5.75 Å². The first-order valence-corrected chi connectivity index (χ1v) is 4.78. The zero-order valence-electron chi connectivity index (χ0n) is 6.50. The number of thioether (sulfide) groups is 1. The van der Waals surface area contributed by atoms with Crippen molar-refractivity contribution in [1.29, 1.82) is 0 Å². The Labute approximate surface area is 70.2 Å². The first-order chi connectivity index (χ1) is 5.16. The average Bonchev–Trinajstić information content (AvgIpc) is 1.97. The van der Waals surface area contributed by atoms with Gasteiger partial charge in [0.1, 0.15) is 5.78 Å². The summed E-state index contributed by atoms with van der Waals surface area (Å²) in [5.74, 6) is -0.0670. The van der Waals surface area contributed by atoms with Gasteiger partial charge < -0.3 is 5.11 Å². The number of carboxylic acids is 1. The van der Waals surface area contributed by atoms with Crippen LogP contribution in [0.5, 0.6) is 0 Å². The smallest absolute Gasteiger partial charge is 0.303 e. The summed E-state index contributed by atoms with van der Waals surface area (Å²) in [5.41, 5.74) is 0. The highest BCUT2D eigenvalue weighted by Gasteiger charge is 2.03. The first kappa shape index (κ1) is 10.5. The van der Waals surface area contributed by atoms with Crippen LogP contribution in [0, 0.1) is 0 Å². The van der Waals surface area contributed by atoms with Crippen molar-refractivity contribution >= 4 is 23.5 Å². The fraction of sp³-hybridized carbons (Fsp3) is 0.714. The molecule has 0 atom stereocenters. The molecule has 0 rings (SSSR count). The molecule has 0 aliphatic carbocycles. The third kappa shape index (κ3) is 7.39. The van der Waals surface area contributed by atoms with E-state index >= 15 is 0 Å². The lowest BCUT2D eigenvalue weighted by Gasteiger charge is -1.95. The van der Waals surface area contributed by atoms with E-state index in [9.17, 15) is 9.59 Å². The minimum atomic E-state index is -0.900. The van der Waals surface area contributed by atoms with Crippen LogP contribution in [-0.2, 0) is 9.59 Å². The Bertz CT molecular complexity index is 145. The van der Waals surface area contributed by atoms with Crippen LogP contribution in [0.25, 0.3) is 0 Å². The Morgan fingerprint density at radius 1 is 1.27 bits per heavy atom. The molecule has 0 aliphatic heterocycles. The van der Waals surface area contributed by atoms with Gasteiger partial charge in [-0.2, -0.15) is 11.8 Å². The van der Waals surface area contributed by atoms with E-state index in [1.165, 1.54) is 0 Å². The molecule has 0 unspecified atom stereocenters. The minimum Gasteiger partial charge on any atom is -0.481 e. The third-order valence-electron chi connectivity index (χ3n) is 1.20. The highest BCUT2D eigenvalue weighted by molar-refractivity contribution is 7.98. The van der Waals surface area contributed by atoms with Gasteiger partial charge in [0, 0.05) is 12.8 Å². The third-order valence-corrected chi connectivity index (χ3v) is 1.82. The number of carboxylic acid groups (broad SMARTS) is 1. The second-order valence-electron chi connectivity index (χ2n) is 2.18. The molecule has 0 fully saturated rings. The summed E-state index contributed by atoms with van der Waals surface area (Å²) >= 11 is 1.60. The molecule has 0 heterocycles. The Morgan fingerprint density at radius 3 is 2.36 bits per heavy atom. The normalized spacial score (nSPS) is 9.55. The number of Topliss-reactive ketones (excluding diaryl/α,β-unsaturated/α-hetero) is 1. The van der Waals surface area contributed by atoms with E-state index < -0.39 is 5.97 Å². The molecule has 0 aliphatic rings. The van der Waals surface area contributed by atoms with Crippen LogP contribution in [0.4, 0.5) is 0 Å². The molecule has 0 aromatic rings. The summed E-state index contributed by atoms with van der Waals surface area (Å²) in [6.45, 7) is 0. The second-order valence-corrected chi connectivity index (χ2v) is 3.16. The molecule has 0 aromatic carbocycles. The van der Waals surface area contributed by atoms with E-state index in [-0.39, 0.29) is 18.6 Å². The van der Waals surface area contributed by atoms with Crippen LogP contribution < -0.4 is 0 Å². The zero-order valence-corrected chi connectivity index (χ0v) is 7.32. The largest absolute Gasteiger partial charge is 0.481 e. The molecule has 0 bridgehead atoms. The van der Waals surface area contributed by atoms with Gasteiger partial charge in [0.25, 0.3) is 0 Å². The average molecular weight is 176 g/mol. The molecule has 64 valence electrons. The summed E-state index contributed by atoms with van der Waals surface area (Å²) < 4.78 is 0. The zero-order chi connectivity index (χ0) is 8.69. The monoisotopic (exact) mass is 176 g/mol. The number of carbonyl (C=O) groups is 2. The molecule has 3 nitrogen and oxygen atoms in total. The Kier molecular flexibility index (Phi) is 5.93. The van der Waals surface area contributed by atoms with Crippen molar-refractivity contribution < 1.29 is 14.7 Å². The lowest BCUT2D eigenvalue weighted by atomic mass is 10.2. The van der Waals surface area contributed by atoms with Gasteiger partial charge in [-0.3, -0.25) is 9.59 Å². The quantitative estimate of drug-likeness (QED) is 0.660. The lowest BCUT2D eigenvalue weighted by molar-refractivity contribution is -0.138. The van der Waals surface area contributed by atoms with Crippen molar-refractivity contribution in [3.63, 3.8) is 0 Å². The second kappa shape index (κ2) is 6.22. The summed E-state index contributed by atoms with van der Waals surface area (Å²) in [6, 6.07) is 0. The van der Waals surface area contributed by atoms with Gasteiger partial charge in [-0.15, -0.1) is 0 Å². The van der Waals surface area contributed by atoms with Gasteiger partial charge in [-0.25, -0.2) is 0 Å². The van der Waals surface area contributed by atoms with Gasteiger partial charge >= 0.3 is 5.97 Å². The molecule has 11 heavy (non-hydrogen) atoms. The van der Waals surface area contributed by atoms with Crippen molar-refractivity contribution in [2.45, 2.75) is 19.3 Å². The van der Waals surface area contributed by atoms with Crippen LogP contribution in [0.3, 0.4) is 0 Å². The van der Waals surface area contributed by atoms with Gasteiger partial charge in [-0.05, 0) is 12.0 Å². The molecular weight excluding hydrogens is 164 g/mol. The van der Waals surface area contributed by atoms with Crippen molar-refractivity contribution in [1.82, 2.24) is 0 Å². The van der Waals surface area contributed by atoms with Crippen molar-refractivity contribution in [2.75, 3.05) is 12.0 Å². The minimum absolute atomic E-state index is 0.0345. The molecule has 0 saturated heterocycles. The van der Waals surface area contributed by atoms with E-state index in [1.54, 1.807) is 11.8 Å². The fourth-order valence-electron chi connectivity index (χ4n) is 0.587. The van der Waals surface area contributed by atoms with Crippen molar-refractivity contribution in [3.05, 3.63) is 0 Å². The Hall–Kier alpha value is -0.510. The number of hydrogen-bond donors (Lipinski definition) is 1. The molecular formula is C7H12O3S. The first-order valence-electron chi connectivity index (χ1n) is 3.39. The van der Waals surface area contributed by atoms with Crippen LogP contribution in [0.1, 0.15) is 19.3 Å². The van der Waals surface area contributed by atoms with E-state index in [2.05, 4.69) is 0 Å². The van der Waals surface area contributed by atoms with E-state index in [4.69, 9.17) is 5.11 Å². The topological polar surface area (TPSA) is 54.4 Å². The van der Waals surface area contributed by atoms with Crippen molar-refractivity contribution in [2.24, 2.45) is 0 Å². The number of hydrogen-bond acceptors (Lipinski definition) is 3. The molecule has 4 heteroatoms. The number of rotatable bonds is 6. The lowest BCUT2D eigenvalue weighted by Crippen LogP contribution is -2.03. The Balaban J connectivity index is 3.30. The maximum atomic E-state index is 10.8. The van der Waals surface area contributed by atoms with E-state index in [0.29, 0.717) is 6.42 Å². The van der Waals surface area contributed by atoms with Gasteiger partial charge in [0.15, 0.2) is 0 Å². The molecule has 0 radical (unpaired) electrons. The summed E-state index contributed by atoms with van der Waals surface area (Å²) in [7, 11) is 0. The summed E-state index contributed by atoms with van der Waals surface area (Å²) in [5, 5.41) is 8.23. The highest BCUT2D eigenvalue weighted by Crippen LogP contribution is 2.00. The molecule has 0 aromatic heterocycles. The van der Waals surface area contributed by atoms with Crippen LogP contribution in [0.15, 0.2) is 0 Å². The molecule has 1 N–H and O–H groups in total. The predicted octanol–water partition coefficient (Wildman–Crippen LogP) is 1.17. The number of aliphatic carboxylic acids is 1. The number of ketones is 1. The molecule has 0 spiro atoms. The maximum Gasteiger partial charge on any atom is 0.303 e. The molecule has 0 amide bonds. The molecule has 0 saturated carbocycles. The van der Waals surface area contributed by atoms with Gasteiger partial charge in [-0.1, -0.05) is 0 Å². The van der Waals surface area contributed by atoms with Crippen LogP contribution >= 0.6 is 11.8 Å². The van der Waals surface area contributed by atoms with Gasteiger partial charge in [0.2, 0.25) is 0 Å². The Morgan fingerprint density at radius 2 is 1.91 bits per heavy atom. The van der Waals surface area contributed by atoms with Crippen LogP contribution in [0.2, 0.25) is 0 Å². The summed E-state index contributed by atoms with van der Waals surface area (Å²) in [6.07, 6.45) is 2.56. The highest BCUT2D eigenvalue weighted by atomic mass is 32.2.